The number of alkyl halides is 1. The smallest absolute Gasteiger partial charge is 0.128 e. The molecule has 2 rings (SSSR count). The molecule has 0 aliphatic carbocycles. The van der Waals surface area contributed by atoms with E-state index in [0.717, 1.165) is 37.3 Å². The highest BCUT2D eigenvalue weighted by atomic mass is 35.5. The lowest BCUT2D eigenvalue weighted by molar-refractivity contribution is 0.191. The van der Waals surface area contributed by atoms with E-state index >= 15 is 0 Å². The summed E-state index contributed by atoms with van der Waals surface area (Å²) in [6, 6.07) is 3.33. The summed E-state index contributed by atoms with van der Waals surface area (Å²) in [5, 5.41) is -0.201. The standard InChI is InChI=1S/C15H20ClFN2O/c1-10-8-14-13(9-12(10)17)18-15(11(2)16)19(14)6-4-5-7-20-3/h8-9,11H,4-7H2,1-3H3. The molecule has 0 radical (unpaired) electrons. The number of halogens is 2. The Balaban J connectivity index is 2.37. The number of hydrogen-bond donors (Lipinski definition) is 0. The number of fused-ring (bicyclic) bond motifs is 1. The second kappa shape index (κ2) is 6.55. The van der Waals surface area contributed by atoms with Crippen LogP contribution in [0.4, 0.5) is 4.39 Å². The molecule has 0 saturated heterocycles. The molecular formula is C15H20ClFN2O. The summed E-state index contributed by atoms with van der Waals surface area (Å²) in [4.78, 5) is 4.47. The highest BCUT2D eigenvalue weighted by Gasteiger charge is 2.16. The van der Waals surface area contributed by atoms with E-state index < -0.39 is 0 Å². The van der Waals surface area contributed by atoms with E-state index in [4.69, 9.17) is 16.3 Å². The molecule has 0 spiro atoms. The molecule has 1 unspecified atom stereocenters. The van der Waals surface area contributed by atoms with Gasteiger partial charge in [0, 0.05) is 26.3 Å². The van der Waals surface area contributed by atoms with E-state index in [1.807, 2.05) is 13.0 Å². The Kier molecular flexibility index (Phi) is 5.00. The number of benzene rings is 1. The van der Waals surface area contributed by atoms with Gasteiger partial charge in [-0.25, -0.2) is 9.37 Å². The van der Waals surface area contributed by atoms with Gasteiger partial charge in [0.05, 0.1) is 16.4 Å². The Hall–Kier alpha value is -1.13. The second-order valence-corrected chi connectivity index (χ2v) is 5.68. The number of rotatable bonds is 6. The third-order valence-corrected chi connectivity index (χ3v) is 3.59. The Morgan fingerprint density at radius 2 is 2.15 bits per heavy atom. The van der Waals surface area contributed by atoms with Crippen molar-refractivity contribution in [1.29, 1.82) is 0 Å². The van der Waals surface area contributed by atoms with Gasteiger partial charge in [-0.1, -0.05) is 0 Å². The molecular weight excluding hydrogens is 279 g/mol. The largest absolute Gasteiger partial charge is 0.385 e. The van der Waals surface area contributed by atoms with Crippen molar-refractivity contribution in [3.63, 3.8) is 0 Å². The molecule has 1 aromatic carbocycles. The molecule has 1 aromatic heterocycles. The number of aromatic nitrogens is 2. The summed E-state index contributed by atoms with van der Waals surface area (Å²) in [7, 11) is 1.70. The lowest BCUT2D eigenvalue weighted by atomic mass is 10.2. The number of ether oxygens (including phenoxy) is 1. The molecule has 5 heteroatoms. The monoisotopic (exact) mass is 298 g/mol. The fraction of sp³-hybridized carbons (Fsp3) is 0.533. The molecule has 0 aliphatic rings. The molecule has 2 aromatic rings. The number of unbranched alkanes of at least 4 members (excludes halogenated alkanes) is 1. The SMILES string of the molecule is COCCCCn1c(C(C)Cl)nc2cc(F)c(C)cc21. The first-order valence-corrected chi connectivity index (χ1v) is 7.27. The van der Waals surface area contributed by atoms with Crippen LogP contribution in [0.3, 0.4) is 0 Å². The molecule has 0 fully saturated rings. The molecule has 0 N–H and O–H groups in total. The summed E-state index contributed by atoms with van der Waals surface area (Å²) < 4.78 is 20.8. The van der Waals surface area contributed by atoms with Crippen molar-refractivity contribution >= 4 is 22.6 Å². The average Bonchev–Trinajstić information content (AvgIpc) is 2.74. The van der Waals surface area contributed by atoms with Crippen molar-refractivity contribution in [3.05, 3.63) is 29.3 Å². The van der Waals surface area contributed by atoms with Gasteiger partial charge in [0.15, 0.2) is 0 Å². The lowest BCUT2D eigenvalue weighted by Crippen LogP contribution is -2.05. The van der Waals surface area contributed by atoms with Crippen molar-refractivity contribution < 1.29 is 9.13 Å². The van der Waals surface area contributed by atoms with Gasteiger partial charge >= 0.3 is 0 Å². The van der Waals surface area contributed by atoms with E-state index in [-0.39, 0.29) is 11.2 Å². The first-order chi connectivity index (χ1) is 9.54. The molecule has 0 saturated carbocycles. The van der Waals surface area contributed by atoms with Gasteiger partial charge in [0.2, 0.25) is 0 Å². The number of nitrogens with zero attached hydrogens (tertiary/aromatic N) is 2. The average molecular weight is 299 g/mol. The van der Waals surface area contributed by atoms with Crippen LogP contribution in [0.15, 0.2) is 12.1 Å². The summed E-state index contributed by atoms with van der Waals surface area (Å²) in [6.45, 7) is 5.21. The number of methoxy groups -OCH3 is 1. The Bertz CT molecular complexity index is 595. The quantitative estimate of drug-likeness (QED) is 0.590. The van der Waals surface area contributed by atoms with Gasteiger partial charge in [-0.05, 0) is 38.3 Å². The van der Waals surface area contributed by atoms with E-state index in [9.17, 15) is 4.39 Å². The Morgan fingerprint density at radius 3 is 2.80 bits per heavy atom. The number of hydrogen-bond acceptors (Lipinski definition) is 2. The predicted octanol–water partition coefficient (Wildman–Crippen LogP) is 4.21. The summed E-state index contributed by atoms with van der Waals surface area (Å²) >= 11 is 6.20. The van der Waals surface area contributed by atoms with E-state index in [1.165, 1.54) is 6.07 Å². The van der Waals surface area contributed by atoms with Gasteiger partial charge in [0.1, 0.15) is 11.6 Å². The summed E-state index contributed by atoms with van der Waals surface area (Å²) in [5.74, 6) is 0.569. The van der Waals surface area contributed by atoms with Crippen molar-refractivity contribution in [2.24, 2.45) is 0 Å². The minimum absolute atomic E-state index is 0.201. The first-order valence-electron chi connectivity index (χ1n) is 6.84. The zero-order chi connectivity index (χ0) is 14.7. The van der Waals surface area contributed by atoms with Crippen LogP contribution in [-0.4, -0.2) is 23.3 Å². The molecule has 110 valence electrons. The van der Waals surface area contributed by atoms with Gasteiger partial charge in [-0.3, -0.25) is 0 Å². The van der Waals surface area contributed by atoms with Crippen LogP contribution in [0.2, 0.25) is 0 Å². The fourth-order valence-electron chi connectivity index (χ4n) is 2.32. The van der Waals surface area contributed by atoms with Gasteiger partial charge in [0.25, 0.3) is 0 Å². The van der Waals surface area contributed by atoms with Crippen molar-refractivity contribution in [3.8, 4) is 0 Å². The Labute approximate surface area is 123 Å². The minimum atomic E-state index is -0.227. The van der Waals surface area contributed by atoms with Crippen LogP contribution in [0, 0.1) is 12.7 Å². The van der Waals surface area contributed by atoms with Gasteiger partial charge < -0.3 is 9.30 Å². The molecule has 0 amide bonds. The minimum Gasteiger partial charge on any atom is -0.385 e. The topological polar surface area (TPSA) is 27.1 Å². The van der Waals surface area contributed by atoms with Crippen LogP contribution < -0.4 is 0 Å². The molecule has 20 heavy (non-hydrogen) atoms. The maximum Gasteiger partial charge on any atom is 0.128 e. The zero-order valence-corrected chi connectivity index (χ0v) is 12.9. The lowest BCUT2D eigenvalue weighted by Gasteiger charge is -2.10. The molecule has 0 bridgehead atoms. The van der Waals surface area contributed by atoms with Crippen molar-refractivity contribution in [1.82, 2.24) is 9.55 Å². The Morgan fingerprint density at radius 1 is 1.40 bits per heavy atom. The summed E-state index contributed by atoms with van der Waals surface area (Å²) in [6.07, 6.45) is 1.96. The number of imidazole rings is 1. The third kappa shape index (κ3) is 3.13. The fourth-order valence-corrected chi connectivity index (χ4v) is 2.49. The van der Waals surface area contributed by atoms with Crippen LogP contribution in [0.5, 0.6) is 0 Å². The summed E-state index contributed by atoms with van der Waals surface area (Å²) in [5.41, 5.74) is 2.25. The molecule has 0 aliphatic heterocycles. The predicted molar refractivity (Wildman–Crippen MR) is 79.8 cm³/mol. The normalized spacial score (nSPS) is 13.1. The maximum atomic E-state index is 13.6. The third-order valence-electron chi connectivity index (χ3n) is 3.39. The van der Waals surface area contributed by atoms with Crippen LogP contribution in [0.25, 0.3) is 11.0 Å². The first kappa shape index (κ1) is 15.3. The molecule has 1 heterocycles. The van der Waals surface area contributed by atoms with Crippen molar-refractivity contribution in [2.45, 2.75) is 38.6 Å². The highest BCUT2D eigenvalue weighted by molar-refractivity contribution is 6.20. The van der Waals surface area contributed by atoms with E-state index in [2.05, 4.69) is 9.55 Å². The van der Waals surface area contributed by atoms with Crippen LogP contribution in [0.1, 0.15) is 36.5 Å². The van der Waals surface area contributed by atoms with Gasteiger partial charge in [-0.2, -0.15) is 0 Å². The van der Waals surface area contributed by atoms with Crippen LogP contribution in [-0.2, 0) is 11.3 Å². The molecule has 1 atom stereocenters. The van der Waals surface area contributed by atoms with E-state index in [1.54, 1.807) is 14.0 Å². The van der Waals surface area contributed by atoms with Gasteiger partial charge in [-0.15, -0.1) is 11.6 Å². The van der Waals surface area contributed by atoms with Crippen molar-refractivity contribution in [2.75, 3.05) is 13.7 Å². The number of aryl methyl sites for hydroxylation is 2. The second-order valence-electron chi connectivity index (χ2n) is 5.03. The van der Waals surface area contributed by atoms with Crippen LogP contribution >= 0.6 is 11.6 Å². The zero-order valence-electron chi connectivity index (χ0n) is 12.1. The van der Waals surface area contributed by atoms with E-state index in [0.29, 0.717) is 11.1 Å². The molecule has 3 nitrogen and oxygen atoms in total. The maximum absolute atomic E-state index is 13.6. The highest BCUT2D eigenvalue weighted by Crippen LogP contribution is 2.26.